The van der Waals surface area contributed by atoms with Gasteiger partial charge in [0.15, 0.2) is 0 Å². The monoisotopic (exact) mass is 460 g/mol. The van der Waals surface area contributed by atoms with Crippen molar-refractivity contribution >= 4 is 11.8 Å². The predicted molar refractivity (Wildman–Crippen MR) is 132 cm³/mol. The number of hydrogen-bond acceptors (Lipinski definition) is 4. The molecule has 0 bridgehead atoms. The fourth-order valence-electron chi connectivity index (χ4n) is 4.26. The summed E-state index contributed by atoms with van der Waals surface area (Å²) in [7, 11) is 1.62. The Kier molecular flexibility index (Phi) is 7.96. The topological polar surface area (TPSA) is 76.5 Å². The van der Waals surface area contributed by atoms with Gasteiger partial charge < -0.3 is 15.0 Å². The largest absolute Gasteiger partial charge is 0.497 e. The molecule has 4 rings (SSSR count). The van der Waals surface area contributed by atoms with Crippen LogP contribution in [-0.4, -0.2) is 53.2 Å². The third-order valence-electron chi connectivity index (χ3n) is 6.14. The van der Waals surface area contributed by atoms with E-state index >= 15 is 0 Å². The van der Waals surface area contributed by atoms with Gasteiger partial charge in [-0.15, -0.1) is 0 Å². The van der Waals surface area contributed by atoms with Gasteiger partial charge in [-0.2, -0.15) is 5.10 Å². The van der Waals surface area contributed by atoms with Crippen LogP contribution in [0.3, 0.4) is 0 Å². The second-order valence-electron chi connectivity index (χ2n) is 8.60. The van der Waals surface area contributed by atoms with E-state index in [1.54, 1.807) is 18.0 Å². The Morgan fingerprint density at radius 1 is 0.971 bits per heavy atom. The van der Waals surface area contributed by atoms with E-state index in [-0.39, 0.29) is 11.8 Å². The molecule has 0 atom stereocenters. The summed E-state index contributed by atoms with van der Waals surface area (Å²) in [5, 5.41) is 7.65. The highest BCUT2D eigenvalue weighted by atomic mass is 16.5. The van der Waals surface area contributed by atoms with Gasteiger partial charge in [0, 0.05) is 37.8 Å². The van der Waals surface area contributed by atoms with Crippen molar-refractivity contribution < 1.29 is 14.3 Å². The van der Waals surface area contributed by atoms with E-state index < -0.39 is 0 Å². The molecule has 1 aromatic heterocycles. The number of rotatable bonds is 8. The summed E-state index contributed by atoms with van der Waals surface area (Å²) in [4.78, 5) is 27.6. The maximum Gasteiger partial charge on any atom is 0.255 e. The van der Waals surface area contributed by atoms with E-state index in [9.17, 15) is 9.59 Å². The van der Waals surface area contributed by atoms with Gasteiger partial charge in [0.2, 0.25) is 5.91 Å². The van der Waals surface area contributed by atoms with Crippen molar-refractivity contribution in [1.29, 1.82) is 0 Å². The Morgan fingerprint density at radius 3 is 2.35 bits per heavy atom. The number of hydrogen-bond donors (Lipinski definition) is 1. The lowest BCUT2D eigenvalue weighted by atomic mass is 10.1. The van der Waals surface area contributed by atoms with Crippen LogP contribution in [-0.2, 0) is 11.3 Å². The first-order valence-corrected chi connectivity index (χ1v) is 12.0. The Hall–Kier alpha value is -3.61. The lowest BCUT2D eigenvalue weighted by Crippen LogP contribution is -2.35. The molecule has 3 aromatic rings. The molecule has 7 heteroatoms. The van der Waals surface area contributed by atoms with Crippen molar-refractivity contribution in [2.75, 3.05) is 26.7 Å². The summed E-state index contributed by atoms with van der Waals surface area (Å²) in [6.07, 6.45) is 6.57. The summed E-state index contributed by atoms with van der Waals surface area (Å²) in [6, 6.07) is 17.5. The van der Waals surface area contributed by atoms with E-state index in [0.717, 1.165) is 42.8 Å². The molecule has 178 valence electrons. The van der Waals surface area contributed by atoms with Crippen molar-refractivity contribution in [2.45, 2.75) is 38.6 Å². The minimum atomic E-state index is -0.228. The second kappa shape index (κ2) is 11.5. The second-order valence-corrected chi connectivity index (χ2v) is 8.60. The molecule has 7 nitrogen and oxygen atoms in total. The number of carbonyl (C=O) groups excluding carboxylic acids is 2. The van der Waals surface area contributed by atoms with E-state index in [4.69, 9.17) is 9.84 Å². The molecule has 0 unspecified atom stereocenters. The molecule has 1 fully saturated rings. The first kappa shape index (κ1) is 23.5. The van der Waals surface area contributed by atoms with Gasteiger partial charge in [-0.05, 0) is 42.7 Å². The van der Waals surface area contributed by atoms with Crippen LogP contribution < -0.4 is 10.1 Å². The van der Waals surface area contributed by atoms with Crippen LogP contribution in [0.25, 0.3) is 11.3 Å². The lowest BCUT2D eigenvalue weighted by Gasteiger charge is -2.20. The Balaban J connectivity index is 1.47. The molecule has 1 aliphatic rings. The Morgan fingerprint density at radius 2 is 1.68 bits per heavy atom. The van der Waals surface area contributed by atoms with Gasteiger partial charge in [0.25, 0.3) is 5.91 Å². The highest BCUT2D eigenvalue weighted by Crippen LogP contribution is 2.25. The highest BCUT2D eigenvalue weighted by Gasteiger charge is 2.20. The van der Waals surface area contributed by atoms with Crippen LogP contribution in [0.1, 0.15) is 48.0 Å². The van der Waals surface area contributed by atoms with Gasteiger partial charge in [-0.1, -0.05) is 43.2 Å². The highest BCUT2D eigenvalue weighted by molar-refractivity contribution is 6.00. The molecule has 34 heavy (non-hydrogen) atoms. The molecular weight excluding hydrogens is 428 g/mol. The number of nitrogens with one attached hydrogen (secondary N) is 1. The summed E-state index contributed by atoms with van der Waals surface area (Å²) < 4.78 is 7.04. The Labute approximate surface area is 200 Å². The van der Waals surface area contributed by atoms with Crippen molar-refractivity contribution in [3.63, 3.8) is 0 Å². The van der Waals surface area contributed by atoms with Crippen molar-refractivity contribution in [3.8, 4) is 17.0 Å². The van der Waals surface area contributed by atoms with Gasteiger partial charge in [-0.3, -0.25) is 14.3 Å². The molecule has 0 radical (unpaired) electrons. The maximum absolute atomic E-state index is 13.1. The molecule has 2 aromatic carbocycles. The van der Waals surface area contributed by atoms with Crippen molar-refractivity contribution in [2.24, 2.45) is 0 Å². The molecule has 2 amide bonds. The number of carbonyl (C=O) groups is 2. The normalized spacial score (nSPS) is 13.9. The SMILES string of the molecule is COc1ccc(-c2nn(Cc3ccccc3)cc2C(=O)NCCC(=O)N2CCCCCC2)cc1. The number of methoxy groups -OCH3 is 1. The molecule has 1 N–H and O–H groups in total. The third-order valence-corrected chi connectivity index (χ3v) is 6.14. The standard InChI is InChI=1S/C27H32N4O3/c1-34-23-13-11-22(12-14-23)26-24(20-31(29-26)19-21-9-5-4-6-10-21)27(33)28-16-15-25(32)30-17-7-2-3-8-18-30/h4-6,9-14,20H,2-3,7-8,15-19H2,1H3,(H,28,33). The zero-order chi connectivity index (χ0) is 23.8. The van der Waals surface area contributed by atoms with Crippen LogP contribution >= 0.6 is 0 Å². The minimum absolute atomic E-state index is 0.109. The zero-order valence-corrected chi connectivity index (χ0v) is 19.7. The van der Waals surface area contributed by atoms with Crippen LogP contribution in [0, 0.1) is 0 Å². The number of aromatic nitrogens is 2. The fraction of sp³-hybridized carbons (Fsp3) is 0.370. The number of amides is 2. The Bertz CT molecular complexity index is 1080. The summed E-state index contributed by atoms with van der Waals surface area (Å²) in [5.74, 6) is 0.622. The fourth-order valence-corrected chi connectivity index (χ4v) is 4.26. The van der Waals surface area contributed by atoms with Crippen molar-refractivity contribution in [3.05, 3.63) is 71.9 Å². The number of benzene rings is 2. The van der Waals surface area contributed by atoms with E-state index in [2.05, 4.69) is 5.32 Å². The number of ether oxygens (including phenoxy) is 1. The summed E-state index contributed by atoms with van der Waals surface area (Å²) >= 11 is 0. The van der Waals surface area contributed by atoms with Gasteiger partial charge in [0.05, 0.1) is 19.2 Å². The molecule has 0 spiro atoms. The van der Waals surface area contributed by atoms with E-state index in [1.807, 2.05) is 59.5 Å². The lowest BCUT2D eigenvalue weighted by molar-refractivity contribution is -0.131. The van der Waals surface area contributed by atoms with Gasteiger partial charge in [0.1, 0.15) is 11.4 Å². The van der Waals surface area contributed by atoms with Gasteiger partial charge in [-0.25, -0.2) is 0 Å². The van der Waals surface area contributed by atoms with E-state index in [1.165, 1.54) is 12.8 Å². The van der Waals surface area contributed by atoms with Crippen LogP contribution in [0.2, 0.25) is 0 Å². The summed E-state index contributed by atoms with van der Waals surface area (Å²) in [5.41, 5.74) is 3.03. The van der Waals surface area contributed by atoms with E-state index in [0.29, 0.717) is 30.8 Å². The minimum Gasteiger partial charge on any atom is -0.497 e. The molecule has 1 aliphatic heterocycles. The smallest absolute Gasteiger partial charge is 0.255 e. The average Bonchev–Trinajstić information content (AvgIpc) is 3.09. The molecule has 0 aliphatic carbocycles. The quantitative estimate of drug-likeness (QED) is 0.548. The van der Waals surface area contributed by atoms with Crippen molar-refractivity contribution in [1.82, 2.24) is 20.0 Å². The summed E-state index contributed by atoms with van der Waals surface area (Å²) in [6.45, 7) is 2.51. The first-order valence-electron chi connectivity index (χ1n) is 12.0. The zero-order valence-electron chi connectivity index (χ0n) is 19.7. The predicted octanol–water partition coefficient (Wildman–Crippen LogP) is 4.13. The van der Waals surface area contributed by atoms with Gasteiger partial charge >= 0.3 is 0 Å². The molecule has 0 saturated carbocycles. The van der Waals surface area contributed by atoms with Crippen LogP contribution in [0.5, 0.6) is 5.75 Å². The molecule has 2 heterocycles. The first-order chi connectivity index (χ1) is 16.6. The number of nitrogens with zero attached hydrogens (tertiary/aromatic N) is 3. The maximum atomic E-state index is 13.1. The van der Waals surface area contributed by atoms with Crippen LogP contribution in [0.15, 0.2) is 60.8 Å². The van der Waals surface area contributed by atoms with Crippen LogP contribution in [0.4, 0.5) is 0 Å². The number of likely N-dealkylation sites (tertiary alicyclic amines) is 1. The molecule has 1 saturated heterocycles. The average molecular weight is 461 g/mol. The third kappa shape index (κ3) is 6.04. The molecular formula is C27H32N4O3.